The Balaban J connectivity index is 1.63. The van der Waals surface area contributed by atoms with Gasteiger partial charge in [-0.05, 0) is 45.0 Å². The van der Waals surface area contributed by atoms with E-state index in [1.54, 1.807) is 0 Å². The Morgan fingerprint density at radius 3 is 2.76 bits per heavy atom. The van der Waals surface area contributed by atoms with Gasteiger partial charge in [0.1, 0.15) is 5.75 Å². The van der Waals surface area contributed by atoms with Crippen LogP contribution >= 0.6 is 0 Å². The molecule has 1 N–H and O–H groups in total. The lowest BCUT2D eigenvalue weighted by Crippen LogP contribution is -2.46. The number of nitrogens with one attached hydrogen (secondary N) is 1. The second-order valence-corrected chi connectivity index (χ2v) is 6.59. The molecule has 0 bridgehead atoms. The molecule has 3 heteroatoms. The fraction of sp³-hybridized carbons (Fsp3) is 0.667. The summed E-state index contributed by atoms with van der Waals surface area (Å²) in [4.78, 5) is 2.60. The van der Waals surface area contributed by atoms with E-state index >= 15 is 0 Å². The van der Waals surface area contributed by atoms with Gasteiger partial charge in [-0.25, -0.2) is 0 Å². The van der Waals surface area contributed by atoms with Crippen LogP contribution in [-0.2, 0) is 0 Å². The van der Waals surface area contributed by atoms with Gasteiger partial charge in [0, 0.05) is 23.6 Å². The summed E-state index contributed by atoms with van der Waals surface area (Å²) in [5, 5.41) is 3.92. The van der Waals surface area contributed by atoms with Crippen molar-refractivity contribution in [1.82, 2.24) is 10.2 Å². The lowest BCUT2D eigenvalue weighted by atomic mass is 9.90. The molecule has 1 aromatic rings. The number of para-hydroxylation sites is 1. The summed E-state index contributed by atoms with van der Waals surface area (Å²) in [6, 6.07) is 9.59. The van der Waals surface area contributed by atoms with Gasteiger partial charge in [0.2, 0.25) is 0 Å². The van der Waals surface area contributed by atoms with Crippen LogP contribution < -0.4 is 10.1 Å². The van der Waals surface area contributed by atoms with E-state index in [1.807, 2.05) is 0 Å². The van der Waals surface area contributed by atoms with E-state index in [0.717, 1.165) is 12.4 Å². The van der Waals surface area contributed by atoms with Gasteiger partial charge in [-0.15, -0.1) is 0 Å². The van der Waals surface area contributed by atoms with Gasteiger partial charge in [0.25, 0.3) is 0 Å². The zero-order valence-electron chi connectivity index (χ0n) is 13.3. The largest absolute Gasteiger partial charge is 0.493 e. The number of ether oxygens (including phenoxy) is 1. The third-order valence-corrected chi connectivity index (χ3v) is 4.87. The molecule has 1 saturated heterocycles. The molecule has 1 aromatic carbocycles. The summed E-state index contributed by atoms with van der Waals surface area (Å²) < 4.78 is 5.86. The van der Waals surface area contributed by atoms with E-state index in [1.165, 1.54) is 44.5 Å². The SMILES string of the molecule is CCCN1CCC(NC2c3ccccc3OCC2C)CC1. The van der Waals surface area contributed by atoms with Crippen molar-refractivity contribution >= 4 is 0 Å². The van der Waals surface area contributed by atoms with Crippen molar-refractivity contribution < 1.29 is 4.74 Å². The van der Waals surface area contributed by atoms with Gasteiger partial charge >= 0.3 is 0 Å². The molecule has 0 saturated carbocycles. The van der Waals surface area contributed by atoms with Crippen LogP contribution in [0.25, 0.3) is 0 Å². The van der Waals surface area contributed by atoms with Crippen LogP contribution in [-0.4, -0.2) is 37.2 Å². The van der Waals surface area contributed by atoms with E-state index in [2.05, 4.69) is 48.3 Å². The smallest absolute Gasteiger partial charge is 0.124 e. The van der Waals surface area contributed by atoms with E-state index in [4.69, 9.17) is 4.74 Å². The van der Waals surface area contributed by atoms with Gasteiger partial charge in [-0.2, -0.15) is 0 Å². The molecular formula is C18H28N2O. The predicted molar refractivity (Wildman–Crippen MR) is 86.7 cm³/mol. The highest BCUT2D eigenvalue weighted by Gasteiger charge is 2.30. The van der Waals surface area contributed by atoms with Gasteiger partial charge in [0.05, 0.1) is 6.61 Å². The molecule has 0 aliphatic carbocycles. The van der Waals surface area contributed by atoms with Crippen molar-refractivity contribution in [3.63, 3.8) is 0 Å². The molecule has 0 amide bonds. The Kier molecular flexibility index (Phi) is 4.81. The van der Waals surface area contributed by atoms with Crippen molar-refractivity contribution in [1.29, 1.82) is 0 Å². The number of nitrogens with zero attached hydrogens (tertiary/aromatic N) is 1. The molecule has 116 valence electrons. The molecule has 2 aliphatic rings. The highest BCUT2D eigenvalue weighted by Crippen LogP contribution is 2.35. The molecule has 21 heavy (non-hydrogen) atoms. The summed E-state index contributed by atoms with van der Waals surface area (Å²) in [6.07, 6.45) is 3.81. The summed E-state index contributed by atoms with van der Waals surface area (Å²) in [7, 11) is 0. The quantitative estimate of drug-likeness (QED) is 0.920. The maximum atomic E-state index is 5.86. The monoisotopic (exact) mass is 288 g/mol. The Bertz CT molecular complexity index is 454. The number of rotatable bonds is 4. The Hall–Kier alpha value is -1.06. The minimum atomic E-state index is 0.442. The van der Waals surface area contributed by atoms with Crippen molar-refractivity contribution in [2.75, 3.05) is 26.2 Å². The van der Waals surface area contributed by atoms with E-state index in [0.29, 0.717) is 18.0 Å². The second kappa shape index (κ2) is 6.80. The standard InChI is InChI=1S/C18H28N2O/c1-3-10-20-11-8-15(9-12-20)19-18-14(2)13-21-17-7-5-4-6-16(17)18/h4-7,14-15,18-19H,3,8-13H2,1-2H3. The Morgan fingerprint density at radius 2 is 2.00 bits per heavy atom. The maximum absolute atomic E-state index is 5.86. The lowest BCUT2D eigenvalue weighted by Gasteiger charge is -2.38. The topological polar surface area (TPSA) is 24.5 Å². The molecule has 0 aromatic heterocycles. The molecule has 3 nitrogen and oxygen atoms in total. The van der Waals surface area contributed by atoms with Crippen LogP contribution in [0.15, 0.2) is 24.3 Å². The van der Waals surface area contributed by atoms with Crippen molar-refractivity contribution in [2.24, 2.45) is 5.92 Å². The van der Waals surface area contributed by atoms with Crippen LogP contribution in [0.2, 0.25) is 0 Å². The van der Waals surface area contributed by atoms with Crippen molar-refractivity contribution in [3.8, 4) is 5.75 Å². The molecule has 3 rings (SSSR count). The van der Waals surface area contributed by atoms with E-state index in [9.17, 15) is 0 Å². The molecule has 2 atom stereocenters. The number of hydrogen-bond acceptors (Lipinski definition) is 3. The lowest BCUT2D eigenvalue weighted by molar-refractivity contribution is 0.150. The average molecular weight is 288 g/mol. The molecule has 0 spiro atoms. The second-order valence-electron chi connectivity index (χ2n) is 6.59. The zero-order chi connectivity index (χ0) is 14.7. The minimum absolute atomic E-state index is 0.442. The van der Waals surface area contributed by atoms with Gasteiger partial charge in [-0.1, -0.05) is 32.0 Å². The first-order valence-electron chi connectivity index (χ1n) is 8.48. The molecule has 0 radical (unpaired) electrons. The van der Waals surface area contributed by atoms with Gasteiger partial charge < -0.3 is 15.0 Å². The fourth-order valence-corrected chi connectivity index (χ4v) is 3.64. The maximum Gasteiger partial charge on any atom is 0.124 e. The van der Waals surface area contributed by atoms with Gasteiger partial charge in [-0.3, -0.25) is 0 Å². The molecule has 2 heterocycles. The third kappa shape index (κ3) is 3.41. The van der Waals surface area contributed by atoms with Crippen LogP contribution in [0.3, 0.4) is 0 Å². The van der Waals surface area contributed by atoms with E-state index in [-0.39, 0.29) is 0 Å². The summed E-state index contributed by atoms with van der Waals surface area (Å²) in [6.45, 7) is 9.12. The van der Waals surface area contributed by atoms with Gasteiger partial charge in [0.15, 0.2) is 0 Å². The Labute approximate surface area is 128 Å². The highest BCUT2D eigenvalue weighted by molar-refractivity contribution is 5.38. The first-order valence-corrected chi connectivity index (χ1v) is 8.48. The van der Waals surface area contributed by atoms with Crippen LogP contribution in [0.4, 0.5) is 0 Å². The van der Waals surface area contributed by atoms with Crippen molar-refractivity contribution in [3.05, 3.63) is 29.8 Å². The normalized spacial score (nSPS) is 27.1. The summed E-state index contributed by atoms with van der Waals surface area (Å²) in [5.74, 6) is 1.60. The molecule has 2 aliphatic heterocycles. The van der Waals surface area contributed by atoms with Crippen LogP contribution in [0.1, 0.15) is 44.7 Å². The number of hydrogen-bond donors (Lipinski definition) is 1. The minimum Gasteiger partial charge on any atom is -0.493 e. The first-order chi connectivity index (χ1) is 10.3. The summed E-state index contributed by atoms with van der Waals surface area (Å²) >= 11 is 0. The number of likely N-dealkylation sites (tertiary alicyclic amines) is 1. The molecule has 2 unspecified atom stereocenters. The highest BCUT2D eigenvalue weighted by atomic mass is 16.5. The Morgan fingerprint density at radius 1 is 1.24 bits per heavy atom. The first kappa shape index (κ1) is 14.9. The number of benzene rings is 1. The molecular weight excluding hydrogens is 260 g/mol. The van der Waals surface area contributed by atoms with Crippen LogP contribution in [0, 0.1) is 5.92 Å². The summed E-state index contributed by atoms with van der Waals surface area (Å²) in [5.41, 5.74) is 1.34. The number of piperidine rings is 1. The fourth-order valence-electron chi connectivity index (χ4n) is 3.64. The average Bonchev–Trinajstić information content (AvgIpc) is 2.52. The van der Waals surface area contributed by atoms with E-state index < -0.39 is 0 Å². The number of fused-ring (bicyclic) bond motifs is 1. The predicted octanol–water partition coefficient (Wildman–Crippen LogP) is 3.22. The zero-order valence-corrected chi connectivity index (χ0v) is 13.3. The molecule has 1 fully saturated rings. The van der Waals surface area contributed by atoms with Crippen LogP contribution in [0.5, 0.6) is 5.75 Å². The van der Waals surface area contributed by atoms with Crippen molar-refractivity contribution in [2.45, 2.75) is 45.2 Å². The third-order valence-electron chi connectivity index (χ3n) is 4.87.